The first-order valence-corrected chi connectivity index (χ1v) is 3.72. The summed E-state index contributed by atoms with van der Waals surface area (Å²) >= 11 is 0. The van der Waals surface area contributed by atoms with Crippen molar-refractivity contribution >= 4 is 5.97 Å². The SMILES string of the molecule is COC1CNC(C(=O)O)C1OC. The van der Waals surface area contributed by atoms with Gasteiger partial charge in [0.1, 0.15) is 12.1 Å². The molecule has 1 aliphatic rings. The molecule has 0 spiro atoms. The lowest BCUT2D eigenvalue weighted by molar-refractivity contribution is -0.143. The average Bonchev–Trinajstić information content (AvgIpc) is 2.46. The maximum absolute atomic E-state index is 10.6. The Morgan fingerprint density at radius 1 is 1.50 bits per heavy atom. The summed E-state index contributed by atoms with van der Waals surface area (Å²) in [6.07, 6.45) is -0.566. The number of carboxylic acids is 1. The molecule has 0 aromatic heterocycles. The first-order valence-electron chi connectivity index (χ1n) is 3.72. The van der Waals surface area contributed by atoms with Crippen molar-refractivity contribution in [1.82, 2.24) is 5.32 Å². The molecule has 1 aliphatic heterocycles. The fourth-order valence-electron chi connectivity index (χ4n) is 1.42. The third-order valence-electron chi connectivity index (χ3n) is 2.07. The predicted octanol–water partition coefficient (Wildman–Crippen LogP) is -0.927. The topological polar surface area (TPSA) is 67.8 Å². The lowest BCUT2D eigenvalue weighted by Crippen LogP contribution is -2.41. The van der Waals surface area contributed by atoms with Gasteiger partial charge < -0.3 is 14.6 Å². The van der Waals surface area contributed by atoms with Gasteiger partial charge in [0.15, 0.2) is 0 Å². The molecule has 12 heavy (non-hydrogen) atoms. The van der Waals surface area contributed by atoms with Crippen molar-refractivity contribution in [3.8, 4) is 0 Å². The monoisotopic (exact) mass is 175 g/mol. The Kier molecular flexibility index (Phi) is 3.02. The molecule has 5 nitrogen and oxygen atoms in total. The highest BCUT2D eigenvalue weighted by atomic mass is 16.5. The molecule has 0 aromatic rings. The molecule has 70 valence electrons. The highest BCUT2D eigenvalue weighted by molar-refractivity contribution is 5.75. The van der Waals surface area contributed by atoms with Gasteiger partial charge in [0.05, 0.1) is 6.10 Å². The van der Waals surface area contributed by atoms with Gasteiger partial charge in [-0.05, 0) is 0 Å². The number of aliphatic carboxylic acids is 1. The van der Waals surface area contributed by atoms with Gasteiger partial charge in [0.2, 0.25) is 0 Å². The molecule has 3 unspecified atom stereocenters. The lowest BCUT2D eigenvalue weighted by Gasteiger charge is -2.18. The van der Waals surface area contributed by atoms with E-state index in [2.05, 4.69) is 5.32 Å². The standard InChI is InChI=1S/C7H13NO4/c1-11-4-3-8-5(7(9)10)6(4)12-2/h4-6,8H,3H2,1-2H3,(H,9,10). The fourth-order valence-corrected chi connectivity index (χ4v) is 1.42. The van der Waals surface area contributed by atoms with Gasteiger partial charge in [0.25, 0.3) is 0 Å². The van der Waals surface area contributed by atoms with Crippen LogP contribution in [-0.2, 0) is 14.3 Å². The van der Waals surface area contributed by atoms with Crippen molar-refractivity contribution in [2.45, 2.75) is 18.2 Å². The van der Waals surface area contributed by atoms with Gasteiger partial charge >= 0.3 is 5.97 Å². The molecule has 1 saturated heterocycles. The molecule has 5 heteroatoms. The van der Waals surface area contributed by atoms with Gasteiger partial charge in [-0.3, -0.25) is 10.1 Å². The smallest absolute Gasteiger partial charge is 0.323 e. The van der Waals surface area contributed by atoms with E-state index in [0.717, 1.165) is 0 Å². The van der Waals surface area contributed by atoms with Gasteiger partial charge in [-0.2, -0.15) is 0 Å². The van der Waals surface area contributed by atoms with E-state index >= 15 is 0 Å². The zero-order valence-electron chi connectivity index (χ0n) is 7.11. The van der Waals surface area contributed by atoms with Gasteiger partial charge in [-0.15, -0.1) is 0 Å². The number of ether oxygens (including phenoxy) is 2. The average molecular weight is 175 g/mol. The number of hydrogen-bond acceptors (Lipinski definition) is 4. The number of carbonyl (C=O) groups is 1. The first kappa shape index (κ1) is 9.44. The quantitative estimate of drug-likeness (QED) is 0.580. The van der Waals surface area contributed by atoms with Crippen molar-refractivity contribution in [2.75, 3.05) is 20.8 Å². The Hall–Kier alpha value is -0.650. The summed E-state index contributed by atoms with van der Waals surface area (Å²) in [7, 11) is 3.03. The van der Waals surface area contributed by atoms with E-state index in [4.69, 9.17) is 14.6 Å². The van der Waals surface area contributed by atoms with Crippen LogP contribution in [0, 0.1) is 0 Å². The molecule has 0 aromatic carbocycles. The van der Waals surface area contributed by atoms with E-state index in [1.165, 1.54) is 7.11 Å². The number of carboxylic acid groups (broad SMARTS) is 1. The summed E-state index contributed by atoms with van der Waals surface area (Å²) in [5.74, 6) is -0.901. The van der Waals surface area contributed by atoms with E-state index < -0.39 is 18.1 Å². The molecule has 0 saturated carbocycles. The summed E-state index contributed by atoms with van der Waals surface area (Å²) < 4.78 is 10.1. The largest absolute Gasteiger partial charge is 0.480 e. The van der Waals surface area contributed by atoms with Crippen LogP contribution in [-0.4, -0.2) is 50.1 Å². The highest BCUT2D eigenvalue weighted by Crippen LogP contribution is 2.14. The predicted molar refractivity (Wildman–Crippen MR) is 41.0 cm³/mol. The maximum atomic E-state index is 10.6. The van der Waals surface area contributed by atoms with Crippen LogP contribution < -0.4 is 5.32 Å². The highest BCUT2D eigenvalue weighted by Gasteiger charge is 2.40. The second kappa shape index (κ2) is 3.84. The van der Waals surface area contributed by atoms with Crippen LogP contribution in [0.25, 0.3) is 0 Å². The van der Waals surface area contributed by atoms with Gasteiger partial charge in [0, 0.05) is 20.8 Å². The molecule has 0 amide bonds. The van der Waals surface area contributed by atoms with Crippen LogP contribution in [0.1, 0.15) is 0 Å². The molecule has 0 aliphatic carbocycles. The molecule has 0 radical (unpaired) electrons. The van der Waals surface area contributed by atoms with Crippen LogP contribution in [0.5, 0.6) is 0 Å². The minimum atomic E-state index is -0.901. The number of rotatable bonds is 3. The summed E-state index contributed by atoms with van der Waals surface area (Å²) in [4.78, 5) is 10.6. The molecule has 1 fully saturated rings. The first-order chi connectivity index (χ1) is 5.70. The normalized spacial score (nSPS) is 35.3. The molecule has 1 heterocycles. The van der Waals surface area contributed by atoms with Crippen molar-refractivity contribution in [3.63, 3.8) is 0 Å². The zero-order chi connectivity index (χ0) is 9.14. The van der Waals surface area contributed by atoms with E-state index in [-0.39, 0.29) is 6.10 Å². The molecule has 0 bridgehead atoms. The van der Waals surface area contributed by atoms with E-state index in [1.54, 1.807) is 7.11 Å². The van der Waals surface area contributed by atoms with Crippen molar-refractivity contribution in [3.05, 3.63) is 0 Å². The van der Waals surface area contributed by atoms with Crippen LogP contribution >= 0.6 is 0 Å². The zero-order valence-corrected chi connectivity index (χ0v) is 7.11. The number of hydrogen-bond donors (Lipinski definition) is 2. The maximum Gasteiger partial charge on any atom is 0.323 e. The molecular formula is C7H13NO4. The Labute approximate surface area is 70.7 Å². The van der Waals surface area contributed by atoms with Crippen LogP contribution in [0.4, 0.5) is 0 Å². The van der Waals surface area contributed by atoms with Gasteiger partial charge in [-0.25, -0.2) is 0 Å². The Balaban J connectivity index is 2.62. The summed E-state index contributed by atoms with van der Waals surface area (Å²) in [6.45, 7) is 0.520. The molecule has 2 N–H and O–H groups in total. The fraction of sp³-hybridized carbons (Fsp3) is 0.857. The number of nitrogens with one attached hydrogen (secondary N) is 1. The molecular weight excluding hydrogens is 162 g/mol. The second-order valence-electron chi connectivity index (χ2n) is 2.70. The van der Waals surface area contributed by atoms with Crippen LogP contribution in [0.2, 0.25) is 0 Å². The minimum Gasteiger partial charge on any atom is -0.480 e. The lowest BCUT2D eigenvalue weighted by atomic mass is 10.1. The molecule has 1 rings (SSSR count). The van der Waals surface area contributed by atoms with Crippen molar-refractivity contribution in [1.29, 1.82) is 0 Å². The van der Waals surface area contributed by atoms with Crippen LogP contribution in [0.3, 0.4) is 0 Å². The van der Waals surface area contributed by atoms with Crippen molar-refractivity contribution in [2.24, 2.45) is 0 Å². The van der Waals surface area contributed by atoms with Crippen molar-refractivity contribution < 1.29 is 19.4 Å². The summed E-state index contributed by atoms with van der Waals surface area (Å²) in [5.41, 5.74) is 0. The Morgan fingerprint density at radius 3 is 2.58 bits per heavy atom. The summed E-state index contributed by atoms with van der Waals surface area (Å²) in [6, 6.07) is -0.653. The van der Waals surface area contributed by atoms with E-state index in [1.807, 2.05) is 0 Å². The number of methoxy groups -OCH3 is 2. The van der Waals surface area contributed by atoms with Gasteiger partial charge in [-0.1, -0.05) is 0 Å². The second-order valence-corrected chi connectivity index (χ2v) is 2.70. The molecule has 3 atom stereocenters. The minimum absolute atomic E-state index is 0.170. The Bertz CT molecular complexity index is 173. The third-order valence-corrected chi connectivity index (χ3v) is 2.07. The Morgan fingerprint density at radius 2 is 2.17 bits per heavy atom. The third kappa shape index (κ3) is 1.57. The van der Waals surface area contributed by atoms with Crippen LogP contribution in [0.15, 0.2) is 0 Å². The van der Waals surface area contributed by atoms with E-state index in [0.29, 0.717) is 6.54 Å². The van der Waals surface area contributed by atoms with E-state index in [9.17, 15) is 4.79 Å². The summed E-state index contributed by atoms with van der Waals surface area (Å²) in [5, 5.41) is 11.5.